The lowest BCUT2D eigenvalue weighted by atomic mass is 9.87. The third-order valence-electron chi connectivity index (χ3n) is 5.89. The van der Waals surface area contributed by atoms with E-state index in [1.165, 1.54) is 5.56 Å². The van der Waals surface area contributed by atoms with Crippen LogP contribution in [0.4, 0.5) is 11.5 Å². The monoisotopic (exact) mass is 379 g/mol. The fraction of sp³-hybridized carbons (Fsp3) is 0.500. The molecule has 0 saturated carbocycles. The van der Waals surface area contributed by atoms with Crippen molar-refractivity contribution in [3.8, 4) is 0 Å². The summed E-state index contributed by atoms with van der Waals surface area (Å²) in [6.45, 7) is 12.4. The lowest BCUT2D eigenvalue weighted by molar-refractivity contribution is -0.121. The number of hydrogen-bond acceptors (Lipinski definition) is 5. The highest BCUT2D eigenvalue weighted by Gasteiger charge is 2.45. The fourth-order valence-corrected chi connectivity index (χ4v) is 4.71. The average molecular weight is 380 g/mol. The molecule has 1 aromatic heterocycles. The van der Waals surface area contributed by atoms with E-state index in [4.69, 9.17) is 0 Å². The van der Waals surface area contributed by atoms with Gasteiger partial charge in [0, 0.05) is 42.6 Å². The molecule has 3 aliphatic heterocycles. The molecule has 2 aromatic rings. The van der Waals surface area contributed by atoms with Crippen LogP contribution < -0.4 is 10.2 Å². The van der Waals surface area contributed by atoms with Gasteiger partial charge in [-0.25, -0.2) is 9.97 Å². The SMILES string of the molecule is Cc1cc(C)c(NC(=O)CN2C3CC2CN(c2cc(C)nc(C)n2)C3)c(C)c1. The van der Waals surface area contributed by atoms with Crippen molar-refractivity contribution in [1.29, 1.82) is 0 Å². The van der Waals surface area contributed by atoms with Crippen LogP contribution in [0.25, 0.3) is 0 Å². The molecule has 1 N–H and O–H groups in total. The molecule has 2 atom stereocenters. The molecule has 3 fully saturated rings. The molecular weight excluding hydrogens is 350 g/mol. The van der Waals surface area contributed by atoms with E-state index in [0.717, 1.165) is 53.7 Å². The van der Waals surface area contributed by atoms with Gasteiger partial charge >= 0.3 is 0 Å². The number of hydrogen-bond donors (Lipinski definition) is 1. The zero-order chi connectivity index (χ0) is 20.0. The number of carbonyl (C=O) groups excluding carboxylic acids is 1. The van der Waals surface area contributed by atoms with Gasteiger partial charge in [-0.05, 0) is 52.2 Å². The summed E-state index contributed by atoms with van der Waals surface area (Å²) in [6, 6.07) is 7.12. The smallest absolute Gasteiger partial charge is 0.238 e. The van der Waals surface area contributed by atoms with Crippen LogP contribution in [0.3, 0.4) is 0 Å². The minimum Gasteiger partial charge on any atom is -0.353 e. The number of aryl methyl sites for hydroxylation is 5. The van der Waals surface area contributed by atoms with Gasteiger partial charge in [-0.15, -0.1) is 0 Å². The van der Waals surface area contributed by atoms with Crippen LogP contribution in [0.2, 0.25) is 0 Å². The number of fused-ring (bicyclic) bond motifs is 2. The molecule has 4 heterocycles. The molecule has 148 valence electrons. The number of benzene rings is 1. The van der Waals surface area contributed by atoms with E-state index in [1.807, 2.05) is 13.8 Å². The Morgan fingerprint density at radius 2 is 1.68 bits per heavy atom. The zero-order valence-corrected chi connectivity index (χ0v) is 17.4. The molecule has 6 heteroatoms. The highest BCUT2D eigenvalue weighted by atomic mass is 16.2. The number of anilines is 2. The van der Waals surface area contributed by atoms with Gasteiger partial charge in [-0.1, -0.05) is 17.7 Å². The number of rotatable bonds is 4. The van der Waals surface area contributed by atoms with Crippen molar-refractivity contribution in [1.82, 2.24) is 14.9 Å². The summed E-state index contributed by atoms with van der Waals surface area (Å²) >= 11 is 0. The highest BCUT2D eigenvalue weighted by molar-refractivity contribution is 5.94. The Labute approximate surface area is 167 Å². The largest absolute Gasteiger partial charge is 0.353 e. The zero-order valence-electron chi connectivity index (χ0n) is 17.4. The molecule has 3 aliphatic rings. The number of aromatic nitrogens is 2. The van der Waals surface area contributed by atoms with Crippen molar-refractivity contribution in [2.45, 2.75) is 53.1 Å². The first-order valence-corrected chi connectivity index (χ1v) is 10.0. The normalized spacial score (nSPS) is 21.4. The maximum atomic E-state index is 12.7. The van der Waals surface area contributed by atoms with Crippen molar-refractivity contribution in [3.63, 3.8) is 0 Å². The van der Waals surface area contributed by atoms with E-state index < -0.39 is 0 Å². The van der Waals surface area contributed by atoms with Crippen LogP contribution in [0.1, 0.15) is 34.6 Å². The predicted octanol–water partition coefficient (Wildman–Crippen LogP) is 2.92. The highest BCUT2D eigenvalue weighted by Crippen LogP contribution is 2.34. The minimum atomic E-state index is 0.0759. The van der Waals surface area contributed by atoms with Crippen LogP contribution in [-0.4, -0.2) is 52.5 Å². The van der Waals surface area contributed by atoms with Crippen LogP contribution in [0.5, 0.6) is 0 Å². The Bertz CT molecular complexity index is 870. The van der Waals surface area contributed by atoms with Gasteiger partial charge in [-0.2, -0.15) is 0 Å². The summed E-state index contributed by atoms with van der Waals surface area (Å²) in [6.07, 6.45) is 1.16. The second-order valence-corrected chi connectivity index (χ2v) is 8.36. The van der Waals surface area contributed by atoms with Crippen molar-refractivity contribution in [2.75, 3.05) is 29.9 Å². The molecule has 1 amide bonds. The molecule has 1 aromatic carbocycles. The van der Waals surface area contributed by atoms with Crippen LogP contribution in [-0.2, 0) is 4.79 Å². The Kier molecular flexibility index (Phi) is 4.83. The Morgan fingerprint density at radius 1 is 1.04 bits per heavy atom. The molecule has 3 saturated heterocycles. The van der Waals surface area contributed by atoms with Gasteiger partial charge in [0.05, 0.1) is 6.54 Å². The van der Waals surface area contributed by atoms with Crippen molar-refractivity contribution < 1.29 is 4.79 Å². The average Bonchev–Trinajstić information content (AvgIpc) is 2.62. The van der Waals surface area contributed by atoms with Crippen LogP contribution >= 0.6 is 0 Å². The molecule has 5 rings (SSSR count). The van der Waals surface area contributed by atoms with Gasteiger partial charge in [0.25, 0.3) is 0 Å². The van der Waals surface area contributed by atoms with E-state index in [9.17, 15) is 4.79 Å². The van der Waals surface area contributed by atoms with Gasteiger partial charge in [0.2, 0.25) is 5.91 Å². The molecule has 0 radical (unpaired) electrons. The summed E-state index contributed by atoms with van der Waals surface area (Å²) in [7, 11) is 0. The molecular formula is C22H29N5O. The number of nitrogens with one attached hydrogen (secondary N) is 1. The molecule has 2 unspecified atom stereocenters. The summed E-state index contributed by atoms with van der Waals surface area (Å²) in [5, 5.41) is 3.14. The number of piperazine rings is 1. The van der Waals surface area contributed by atoms with Crippen molar-refractivity contribution in [3.05, 3.63) is 46.4 Å². The maximum Gasteiger partial charge on any atom is 0.238 e. The molecule has 0 spiro atoms. The van der Waals surface area contributed by atoms with Gasteiger partial charge in [0.1, 0.15) is 11.6 Å². The second kappa shape index (κ2) is 7.17. The fourth-order valence-electron chi connectivity index (χ4n) is 4.71. The molecule has 0 aliphatic carbocycles. The summed E-state index contributed by atoms with van der Waals surface area (Å²) in [5.41, 5.74) is 5.42. The van der Waals surface area contributed by atoms with Gasteiger partial charge in [0.15, 0.2) is 0 Å². The number of nitrogens with zero attached hydrogens (tertiary/aromatic N) is 4. The number of amides is 1. The summed E-state index contributed by atoms with van der Waals surface area (Å²) < 4.78 is 0. The minimum absolute atomic E-state index is 0.0759. The third kappa shape index (κ3) is 3.61. The van der Waals surface area contributed by atoms with E-state index in [0.29, 0.717) is 18.6 Å². The predicted molar refractivity (Wildman–Crippen MR) is 112 cm³/mol. The van der Waals surface area contributed by atoms with Gasteiger partial charge in [-0.3, -0.25) is 9.69 Å². The number of carbonyl (C=O) groups is 1. The first-order valence-electron chi connectivity index (χ1n) is 10.0. The summed E-state index contributed by atoms with van der Waals surface area (Å²) in [5.74, 6) is 1.90. The first-order chi connectivity index (χ1) is 13.3. The molecule has 28 heavy (non-hydrogen) atoms. The first kappa shape index (κ1) is 18.9. The number of piperidine rings is 1. The van der Waals surface area contributed by atoms with Crippen molar-refractivity contribution in [2.24, 2.45) is 0 Å². The Balaban J connectivity index is 1.38. The van der Waals surface area contributed by atoms with E-state index in [-0.39, 0.29) is 5.91 Å². The van der Waals surface area contributed by atoms with E-state index >= 15 is 0 Å². The standard InChI is InChI=1S/C22H29N5O/c1-13-6-14(2)22(15(3)7-13)25-21(28)12-27-18-9-19(27)11-26(10-18)20-8-16(4)23-17(5)24-20/h6-8,18-19H,9-12H2,1-5H3,(H,25,28). The Hall–Kier alpha value is -2.47. The van der Waals surface area contributed by atoms with E-state index in [2.05, 4.69) is 64.1 Å². The Morgan fingerprint density at radius 3 is 2.29 bits per heavy atom. The van der Waals surface area contributed by atoms with Crippen LogP contribution in [0, 0.1) is 34.6 Å². The molecule has 6 nitrogen and oxygen atoms in total. The van der Waals surface area contributed by atoms with E-state index in [1.54, 1.807) is 0 Å². The quantitative estimate of drug-likeness (QED) is 0.885. The lowest BCUT2D eigenvalue weighted by Gasteiger charge is -2.56. The second-order valence-electron chi connectivity index (χ2n) is 8.36. The maximum absolute atomic E-state index is 12.7. The lowest BCUT2D eigenvalue weighted by Crippen LogP contribution is -2.69. The topological polar surface area (TPSA) is 61.4 Å². The summed E-state index contributed by atoms with van der Waals surface area (Å²) in [4.78, 5) is 26.3. The van der Waals surface area contributed by atoms with Crippen molar-refractivity contribution >= 4 is 17.4 Å². The third-order valence-corrected chi connectivity index (χ3v) is 5.89. The molecule has 2 bridgehead atoms. The van der Waals surface area contributed by atoms with Gasteiger partial charge < -0.3 is 10.2 Å². The van der Waals surface area contributed by atoms with Crippen LogP contribution in [0.15, 0.2) is 18.2 Å².